The van der Waals surface area contributed by atoms with Gasteiger partial charge in [0.1, 0.15) is 11.3 Å². The zero-order valence-corrected chi connectivity index (χ0v) is 9.21. The maximum atomic E-state index is 11.9. The minimum Gasteiger partial charge on any atom is -0.494 e. The number of nitrogens with zero attached hydrogens (tertiary/aromatic N) is 1. The van der Waals surface area contributed by atoms with E-state index >= 15 is 0 Å². The summed E-state index contributed by atoms with van der Waals surface area (Å²) in [6.07, 6.45) is 6.08. The fourth-order valence-corrected chi connectivity index (χ4v) is 1.70. The first-order valence-corrected chi connectivity index (χ1v) is 5.21. The van der Waals surface area contributed by atoms with Crippen molar-refractivity contribution in [2.75, 3.05) is 6.61 Å². The van der Waals surface area contributed by atoms with Gasteiger partial charge in [-0.05, 0) is 25.2 Å². The highest BCUT2D eigenvalue weighted by molar-refractivity contribution is 6.28. The normalized spacial score (nSPS) is 22.3. The number of hydrogen-bond donors (Lipinski definition) is 1. The molecule has 2 aliphatic rings. The number of hydrogen-bond acceptors (Lipinski definition) is 4. The van der Waals surface area contributed by atoms with Crippen molar-refractivity contribution in [1.29, 1.82) is 0 Å². The van der Waals surface area contributed by atoms with E-state index < -0.39 is 17.7 Å². The average Bonchev–Trinajstić information content (AvgIpc) is 2.30. The quantitative estimate of drug-likeness (QED) is 0.740. The Morgan fingerprint density at radius 1 is 1.53 bits per heavy atom. The maximum absolute atomic E-state index is 11.9. The molecule has 0 amide bonds. The summed E-state index contributed by atoms with van der Waals surface area (Å²) in [5.41, 5.74) is 0.254. The standard InChI is InChI=1S/C12H11NO4/c1-2-17-7-3-4-10-8(5-7)11(14)9(6-13-10)12(15)16/h3-6,8H,2H2,1H3,(H,15,16). The van der Waals surface area contributed by atoms with Gasteiger partial charge in [0.2, 0.25) is 0 Å². The molecule has 1 unspecified atom stereocenters. The smallest absolute Gasteiger partial charge is 0.340 e. The zero-order valence-electron chi connectivity index (χ0n) is 9.21. The van der Waals surface area contributed by atoms with Crippen LogP contribution in [0.2, 0.25) is 0 Å². The van der Waals surface area contributed by atoms with Gasteiger partial charge in [0.15, 0.2) is 5.78 Å². The number of ether oxygens (including phenoxy) is 1. The molecule has 0 radical (unpaired) electrons. The summed E-state index contributed by atoms with van der Waals surface area (Å²) in [5, 5.41) is 8.84. The van der Waals surface area contributed by atoms with Gasteiger partial charge < -0.3 is 9.84 Å². The highest BCUT2D eigenvalue weighted by Crippen LogP contribution is 2.23. The van der Waals surface area contributed by atoms with Crippen molar-refractivity contribution in [3.05, 3.63) is 35.8 Å². The first kappa shape index (κ1) is 11.3. The van der Waals surface area contributed by atoms with Crippen LogP contribution < -0.4 is 0 Å². The van der Waals surface area contributed by atoms with Gasteiger partial charge in [-0.1, -0.05) is 0 Å². The monoisotopic (exact) mass is 233 g/mol. The van der Waals surface area contributed by atoms with Crippen LogP contribution in [0.5, 0.6) is 0 Å². The van der Waals surface area contributed by atoms with E-state index in [0.29, 0.717) is 18.1 Å². The van der Waals surface area contributed by atoms with Gasteiger partial charge in [0.05, 0.1) is 18.2 Å². The molecular formula is C12H11NO4. The molecule has 88 valence electrons. The fraction of sp³-hybridized carbons (Fsp3) is 0.250. The molecule has 0 fully saturated rings. The Balaban J connectivity index is 2.33. The highest BCUT2D eigenvalue weighted by atomic mass is 16.5. The predicted octanol–water partition coefficient (Wildman–Crippen LogP) is 1.08. The molecule has 1 N–H and O–H groups in total. The Kier molecular flexibility index (Phi) is 2.91. The van der Waals surface area contributed by atoms with E-state index in [1.54, 1.807) is 18.2 Å². The Bertz CT molecular complexity index is 497. The number of rotatable bonds is 3. The molecule has 0 aromatic carbocycles. The van der Waals surface area contributed by atoms with Crippen molar-refractivity contribution in [3.8, 4) is 0 Å². The second-order valence-corrected chi connectivity index (χ2v) is 3.58. The molecule has 1 heterocycles. The molecule has 1 aliphatic carbocycles. The van der Waals surface area contributed by atoms with Gasteiger partial charge in [0.25, 0.3) is 0 Å². The van der Waals surface area contributed by atoms with Crippen LogP contribution >= 0.6 is 0 Å². The van der Waals surface area contributed by atoms with Crippen LogP contribution in [0.15, 0.2) is 40.8 Å². The third kappa shape index (κ3) is 2.04. The molecule has 0 aromatic heterocycles. The fourth-order valence-electron chi connectivity index (χ4n) is 1.70. The highest BCUT2D eigenvalue weighted by Gasteiger charge is 2.32. The number of fused-ring (bicyclic) bond motifs is 1. The van der Waals surface area contributed by atoms with Crippen LogP contribution in [-0.4, -0.2) is 29.2 Å². The lowest BCUT2D eigenvalue weighted by Crippen LogP contribution is -2.30. The van der Waals surface area contributed by atoms with Crippen LogP contribution in [0.1, 0.15) is 6.92 Å². The summed E-state index contributed by atoms with van der Waals surface area (Å²) in [5.74, 6) is -1.78. The summed E-state index contributed by atoms with van der Waals surface area (Å²) in [7, 11) is 0. The topological polar surface area (TPSA) is 76.0 Å². The Hall–Kier alpha value is -2.17. The Morgan fingerprint density at radius 2 is 2.29 bits per heavy atom. The summed E-state index contributed by atoms with van der Waals surface area (Å²) in [4.78, 5) is 26.7. The van der Waals surface area contributed by atoms with E-state index in [0.717, 1.165) is 6.20 Å². The number of carboxylic acid groups (broad SMARTS) is 1. The van der Waals surface area contributed by atoms with Crippen LogP contribution in [0.3, 0.4) is 0 Å². The molecular weight excluding hydrogens is 222 g/mol. The molecule has 0 aromatic rings. The number of carbonyl (C=O) groups is 2. The lowest BCUT2D eigenvalue weighted by molar-refractivity contribution is -0.134. The molecule has 5 nitrogen and oxygen atoms in total. The van der Waals surface area contributed by atoms with Crippen molar-refractivity contribution >= 4 is 17.5 Å². The number of carbonyl (C=O) groups excluding carboxylic acids is 1. The van der Waals surface area contributed by atoms with Crippen LogP contribution in [0.25, 0.3) is 0 Å². The number of aliphatic carboxylic acids is 1. The second kappa shape index (κ2) is 4.37. The van der Waals surface area contributed by atoms with Crippen molar-refractivity contribution in [2.45, 2.75) is 6.92 Å². The summed E-state index contributed by atoms with van der Waals surface area (Å²) >= 11 is 0. The van der Waals surface area contributed by atoms with Crippen molar-refractivity contribution in [2.24, 2.45) is 10.9 Å². The third-order valence-corrected chi connectivity index (χ3v) is 2.50. The summed E-state index contributed by atoms with van der Waals surface area (Å²) < 4.78 is 5.28. The Labute approximate surface area is 97.8 Å². The average molecular weight is 233 g/mol. The van der Waals surface area contributed by atoms with Crippen LogP contribution in [-0.2, 0) is 14.3 Å². The molecule has 0 saturated heterocycles. The number of ketones is 1. The summed E-state index contributed by atoms with van der Waals surface area (Å²) in [6, 6.07) is 0. The van der Waals surface area contributed by atoms with Gasteiger partial charge in [0, 0.05) is 6.20 Å². The van der Waals surface area contributed by atoms with Gasteiger partial charge in [-0.2, -0.15) is 0 Å². The molecule has 0 bridgehead atoms. The molecule has 17 heavy (non-hydrogen) atoms. The Morgan fingerprint density at radius 3 is 2.94 bits per heavy atom. The lowest BCUT2D eigenvalue weighted by Gasteiger charge is -2.20. The number of allylic oxidation sites excluding steroid dienone is 3. The molecule has 2 rings (SSSR count). The van der Waals surface area contributed by atoms with Gasteiger partial charge in [-0.15, -0.1) is 0 Å². The zero-order chi connectivity index (χ0) is 12.4. The van der Waals surface area contributed by atoms with E-state index in [4.69, 9.17) is 9.84 Å². The number of Topliss-reactive ketones (excluding diaryl/α,β-unsaturated/α-hetero) is 1. The van der Waals surface area contributed by atoms with E-state index in [9.17, 15) is 9.59 Å². The number of aliphatic imine (C=N–C) groups is 1. The van der Waals surface area contributed by atoms with Crippen molar-refractivity contribution < 1.29 is 19.4 Å². The van der Waals surface area contributed by atoms with E-state index in [1.807, 2.05) is 6.92 Å². The van der Waals surface area contributed by atoms with Gasteiger partial charge >= 0.3 is 5.97 Å². The van der Waals surface area contributed by atoms with Gasteiger partial charge in [-0.25, -0.2) is 4.79 Å². The van der Waals surface area contributed by atoms with Crippen LogP contribution in [0, 0.1) is 5.92 Å². The molecule has 1 atom stereocenters. The molecule has 0 spiro atoms. The minimum atomic E-state index is -1.25. The number of carboxylic acids is 1. The second-order valence-electron chi connectivity index (χ2n) is 3.58. The first-order chi connectivity index (χ1) is 8.13. The first-order valence-electron chi connectivity index (χ1n) is 5.21. The molecule has 5 heteroatoms. The van der Waals surface area contributed by atoms with E-state index in [1.165, 1.54) is 0 Å². The lowest BCUT2D eigenvalue weighted by atomic mass is 9.88. The molecule has 1 aliphatic heterocycles. The largest absolute Gasteiger partial charge is 0.494 e. The predicted molar refractivity (Wildman–Crippen MR) is 60.5 cm³/mol. The molecule has 0 saturated carbocycles. The van der Waals surface area contributed by atoms with Gasteiger partial charge in [-0.3, -0.25) is 9.79 Å². The SMILES string of the molecule is CCOC1=CC2C(=O)C(C(=O)O)=CN=C2C=C1. The van der Waals surface area contributed by atoms with Crippen molar-refractivity contribution in [1.82, 2.24) is 0 Å². The maximum Gasteiger partial charge on any atom is 0.340 e. The van der Waals surface area contributed by atoms with Crippen molar-refractivity contribution in [3.63, 3.8) is 0 Å². The van der Waals surface area contributed by atoms with Crippen LogP contribution in [0.4, 0.5) is 0 Å². The third-order valence-electron chi connectivity index (χ3n) is 2.50. The summed E-state index contributed by atoms with van der Waals surface area (Å²) in [6.45, 7) is 2.33. The van der Waals surface area contributed by atoms with E-state index in [2.05, 4.69) is 4.99 Å². The van der Waals surface area contributed by atoms with E-state index in [-0.39, 0.29) is 5.57 Å². The minimum absolute atomic E-state index is 0.291.